The molecule has 0 bridgehead atoms. The lowest BCUT2D eigenvalue weighted by molar-refractivity contribution is -0.148. The van der Waals surface area contributed by atoms with Gasteiger partial charge in [0.25, 0.3) is 5.91 Å². The Bertz CT molecular complexity index is 1000. The Kier molecular flexibility index (Phi) is 7.32. The third-order valence-corrected chi connectivity index (χ3v) is 7.25. The number of rotatable bonds is 5. The van der Waals surface area contributed by atoms with Crippen molar-refractivity contribution in [1.82, 2.24) is 20.0 Å². The van der Waals surface area contributed by atoms with Crippen LogP contribution in [0.5, 0.6) is 0 Å². The number of amides is 3. The maximum absolute atomic E-state index is 13.6. The van der Waals surface area contributed by atoms with E-state index in [0.29, 0.717) is 57.7 Å². The number of piperazine rings is 1. The molecule has 7 heteroatoms. The molecule has 34 heavy (non-hydrogen) atoms. The Morgan fingerprint density at radius 1 is 0.882 bits per heavy atom. The van der Waals surface area contributed by atoms with E-state index in [4.69, 9.17) is 0 Å². The summed E-state index contributed by atoms with van der Waals surface area (Å²) in [5, 5.41) is 2.77. The molecule has 1 N–H and O–H groups in total. The first kappa shape index (κ1) is 24.0. The van der Waals surface area contributed by atoms with E-state index in [1.54, 1.807) is 7.05 Å². The van der Waals surface area contributed by atoms with Crippen LogP contribution in [0.15, 0.2) is 60.7 Å². The SMILES string of the molecule is CNC(=O)[C@@H]1CN(C(=O)C2(C)CCN(C(=O)c3ccccc3)CC2)CCN1Cc1ccccc1. The van der Waals surface area contributed by atoms with Crippen molar-refractivity contribution in [1.29, 1.82) is 0 Å². The highest BCUT2D eigenvalue weighted by molar-refractivity contribution is 5.94. The molecule has 2 aromatic carbocycles. The smallest absolute Gasteiger partial charge is 0.253 e. The number of nitrogens with zero attached hydrogens (tertiary/aromatic N) is 3. The van der Waals surface area contributed by atoms with Crippen molar-refractivity contribution in [2.45, 2.75) is 32.4 Å². The number of carbonyl (C=O) groups is 3. The Morgan fingerprint density at radius 2 is 1.50 bits per heavy atom. The van der Waals surface area contributed by atoms with Crippen molar-refractivity contribution in [3.05, 3.63) is 71.8 Å². The number of hydrogen-bond acceptors (Lipinski definition) is 4. The highest BCUT2D eigenvalue weighted by atomic mass is 16.2. The fourth-order valence-corrected chi connectivity index (χ4v) is 4.99. The first-order valence-corrected chi connectivity index (χ1v) is 12.0. The molecule has 0 unspecified atom stereocenters. The molecule has 4 rings (SSSR count). The Labute approximate surface area is 201 Å². The molecule has 2 heterocycles. The molecular formula is C27H34N4O3. The van der Waals surface area contributed by atoms with Gasteiger partial charge in [-0.05, 0) is 30.5 Å². The van der Waals surface area contributed by atoms with Crippen LogP contribution in [0.3, 0.4) is 0 Å². The molecule has 1 atom stereocenters. The van der Waals surface area contributed by atoms with Gasteiger partial charge in [-0.1, -0.05) is 55.5 Å². The maximum Gasteiger partial charge on any atom is 0.253 e. The number of carbonyl (C=O) groups excluding carboxylic acids is 3. The van der Waals surface area contributed by atoms with Gasteiger partial charge in [0.2, 0.25) is 11.8 Å². The Hall–Kier alpha value is -3.19. The maximum atomic E-state index is 13.6. The summed E-state index contributed by atoms with van der Waals surface area (Å²) in [7, 11) is 1.64. The second kappa shape index (κ2) is 10.4. The molecule has 2 aliphatic heterocycles. The van der Waals surface area contributed by atoms with Gasteiger partial charge >= 0.3 is 0 Å². The van der Waals surface area contributed by atoms with E-state index >= 15 is 0 Å². The monoisotopic (exact) mass is 462 g/mol. The van der Waals surface area contributed by atoms with Gasteiger partial charge < -0.3 is 15.1 Å². The standard InChI is InChI=1S/C27H34N4O3/c1-27(13-15-29(16-14-27)25(33)22-11-7-4-8-12-22)26(34)31-18-17-30(23(20-31)24(32)28-2)19-21-9-5-3-6-10-21/h3-12,23H,13-20H2,1-2H3,(H,28,32)/t23-/m0/s1. The van der Waals surface area contributed by atoms with Gasteiger partial charge in [0.1, 0.15) is 6.04 Å². The molecule has 2 saturated heterocycles. The average Bonchev–Trinajstić information content (AvgIpc) is 2.89. The molecule has 2 fully saturated rings. The summed E-state index contributed by atoms with van der Waals surface area (Å²) in [6.45, 7) is 5.42. The van der Waals surface area contributed by atoms with Gasteiger partial charge in [0.05, 0.1) is 0 Å². The summed E-state index contributed by atoms with van der Waals surface area (Å²) in [5.74, 6) is 0.0405. The van der Waals surface area contributed by atoms with Crippen LogP contribution in [-0.4, -0.2) is 78.2 Å². The summed E-state index contributed by atoms with van der Waals surface area (Å²) in [5.41, 5.74) is 1.31. The third-order valence-electron chi connectivity index (χ3n) is 7.25. The predicted octanol–water partition coefficient (Wildman–Crippen LogP) is 2.39. The molecule has 0 radical (unpaired) electrons. The fourth-order valence-electron chi connectivity index (χ4n) is 4.99. The zero-order valence-corrected chi connectivity index (χ0v) is 20.1. The second-order valence-corrected chi connectivity index (χ2v) is 9.56. The van der Waals surface area contributed by atoms with Gasteiger partial charge in [-0.2, -0.15) is 0 Å². The lowest BCUT2D eigenvalue weighted by Crippen LogP contribution is -2.61. The zero-order chi connectivity index (χ0) is 24.1. The zero-order valence-electron chi connectivity index (χ0n) is 20.1. The first-order valence-electron chi connectivity index (χ1n) is 12.0. The van der Waals surface area contributed by atoms with Crippen LogP contribution in [0.1, 0.15) is 35.7 Å². The number of piperidine rings is 1. The minimum atomic E-state index is -0.525. The minimum absolute atomic E-state index is 0.0179. The quantitative estimate of drug-likeness (QED) is 0.741. The van der Waals surface area contributed by atoms with Crippen LogP contribution in [0, 0.1) is 5.41 Å². The van der Waals surface area contributed by atoms with Gasteiger partial charge in [-0.3, -0.25) is 19.3 Å². The molecule has 0 spiro atoms. The largest absolute Gasteiger partial charge is 0.358 e. The van der Waals surface area contributed by atoms with E-state index < -0.39 is 5.41 Å². The Morgan fingerprint density at radius 3 is 2.12 bits per heavy atom. The predicted molar refractivity (Wildman–Crippen MR) is 131 cm³/mol. The van der Waals surface area contributed by atoms with Crippen molar-refractivity contribution in [2.24, 2.45) is 5.41 Å². The van der Waals surface area contributed by atoms with Crippen LogP contribution in [0.4, 0.5) is 0 Å². The first-order chi connectivity index (χ1) is 16.4. The number of benzene rings is 2. The molecule has 2 aliphatic rings. The summed E-state index contributed by atoms with van der Waals surface area (Å²) in [6, 6.07) is 19.0. The minimum Gasteiger partial charge on any atom is -0.358 e. The van der Waals surface area contributed by atoms with Crippen molar-refractivity contribution < 1.29 is 14.4 Å². The molecule has 7 nitrogen and oxygen atoms in total. The van der Waals surface area contributed by atoms with Crippen LogP contribution < -0.4 is 5.32 Å². The van der Waals surface area contributed by atoms with Gasteiger partial charge in [-0.25, -0.2) is 0 Å². The van der Waals surface area contributed by atoms with E-state index in [1.807, 2.05) is 65.3 Å². The summed E-state index contributed by atoms with van der Waals surface area (Å²) in [4.78, 5) is 45.0. The molecule has 0 aromatic heterocycles. The van der Waals surface area contributed by atoms with E-state index in [2.05, 4.69) is 22.3 Å². The highest BCUT2D eigenvalue weighted by Gasteiger charge is 2.43. The van der Waals surface area contributed by atoms with E-state index in [-0.39, 0.29) is 23.8 Å². The van der Waals surface area contributed by atoms with Crippen LogP contribution in [-0.2, 0) is 16.1 Å². The molecule has 180 valence electrons. The third kappa shape index (κ3) is 5.14. The summed E-state index contributed by atoms with van der Waals surface area (Å²) in [6.07, 6.45) is 1.25. The molecule has 0 saturated carbocycles. The summed E-state index contributed by atoms with van der Waals surface area (Å²) >= 11 is 0. The van der Waals surface area contributed by atoms with E-state index in [0.717, 1.165) is 5.56 Å². The average molecular weight is 463 g/mol. The molecular weight excluding hydrogens is 428 g/mol. The number of hydrogen-bond donors (Lipinski definition) is 1. The van der Waals surface area contributed by atoms with Crippen LogP contribution in [0.25, 0.3) is 0 Å². The summed E-state index contributed by atoms with van der Waals surface area (Å²) < 4.78 is 0. The molecule has 3 amide bonds. The van der Waals surface area contributed by atoms with E-state index in [1.165, 1.54) is 0 Å². The van der Waals surface area contributed by atoms with Crippen molar-refractivity contribution in [3.8, 4) is 0 Å². The Balaban J connectivity index is 1.39. The molecule has 0 aliphatic carbocycles. The molecule has 2 aromatic rings. The number of likely N-dealkylation sites (N-methyl/N-ethyl adjacent to an activating group) is 1. The highest BCUT2D eigenvalue weighted by Crippen LogP contribution is 2.34. The van der Waals surface area contributed by atoms with Gasteiger partial charge in [-0.15, -0.1) is 0 Å². The van der Waals surface area contributed by atoms with Gasteiger partial charge in [0.15, 0.2) is 0 Å². The lowest BCUT2D eigenvalue weighted by atomic mass is 9.78. The van der Waals surface area contributed by atoms with Crippen molar-refractivity contribution in [2.75, 3.05) is 39.8 Å². The van der Waals surface area contributed by atoms with E-state index in [9.17, 15) is 14.4 Å². The normalized spacial score (nSPS) is 20.6. The van der Waals surface area contributed by atoms with Crippen LogP contribution in [0.2, 0.25) is 0 Å². The van der Waals surface area contributed by atoms with Crippen molar-refractivity contribution in [3.63, 3.8) is 0 Å². The number of nitrogens with one attached hydrogen (secondary N) is 1. The topological polar surface area (TPSA) is 73.0 Å². The van der Waals surface area contributed by atoms with Crippen molar-refractivity contribution >= 4 is 17.7 Å². The number of likely N-dealkylation sites (tertiary alicyclic amines) is 1. The van der Waals surface area contributed by atoms with Gasteiger partial charge in [0, 0.05) is 57.3 Å². The van der Waals surface area contributed by atoms with Crippen LogP contribution >= 0.6 is 0 Å². The lowest BCUT2D eigenvalue weighted by Gasteiger charge is -2.45. The second-order valence-electron chi connectivity index (χ2n) is 9.56. The fraction of sp³-hybridized carbons (Fsp3) is 0.444.